The molecule has 3 rings (SSSR count). The van der Waals surface area contributed by atoms with Crippen molar-refractivity contribution >= 4 is 5.82 Å². The van der Waals surface area contributed by atoms with Gasteiger partial charge in [-0.25, -0.2) is 14.4 Å². The lowest BCUT2D eigenvalue weighted by Gasteiger charge is -2.22. The van der Waals surface area contributed by atoms with E-state index in [2.05, 4.69) is 28.2 Å². The maximum absolute atomic E-state index is 13.1. The van der Waals surface area contributed by atoms with Gasteiger partial charge in [0.2, 0.25) is 0 Å². The van der Waals surface area contributed by atoms with E-state index in [-0.39, 0.29) is 5.82 Å². The molecule has 1 fully saturated rings. The Kier molecular flexibility index (Phi) is 4.63. The van der Waals surface area contributed by atoms with Crippen molar-refractivity contribution in [3.8, 4) is 11.4 Å². The van der Waals surface area contributed by atoms with Crippen molar-refractivity contribution in [3.63, 3.8) is 0 Å². The number of hydrogen-bond donors (Lipinski definition) is 1. The summed E-state index contributed by atoms with van der Waals surface area (Å²) >= 11 is 0. The normalized spacial score (nSPS) is 15.6. The standard InChI is InChI=1S/C17H21FN4/c1-2-15-12-16(22-10-3-8-19-9-11-22)21-17(20-15)13-4-6-14(18)7-5-13/h4-7,12,19H,2-3,8-11H2,1H3. The molecule has 22 heavy (non-hydrogen) atoms. The van der Waals surface area contributed by atoms with E-state index in [0.29, 0.717) is 5.82 Å². The summed E-state index contributed by atoms with van der Waals surface area (Å²) in [6.45, 7) is 6.05. The highest BCUT2D eigenvalue weighted by molar-refractivity contribution is 5.58. The molecule has 2 heterocycles. The van der Waals surface area contributed by atoms with E-state index < -0.39 is 0 Å². The van der Waals surface area contributed by atoms with Crippen LogP contribution >= 0.6 is 0 Å². The first kappa shape index (κ1) is 14.9. The summed E-state index contributed by atoms with van der Waals surface area (Å²) in [7, 11) is 0. The molecule has 0 atom stereocenters. The molecule has 0 amide bonds. The number of aryl methyl sites for hydroxylation is 1. The molecule has 0 unspecified atom stereocenters. The lowest BCUT2D eigenvalue weighted by atomic mass is 10.2. The first-order valence-corrected chi connectivity index (χ1v) is 7.86. The van der Waals surface area contributed by atoms with Crippen LogP contribution in [0.3, 0.4) is 0 Å². The smallest absolute Gasteiger partial charge is 0.161 e. The second-order valence-electron chi connectivity index (χ2n) is 5.49. The number of hydrogen-bond acceptors (Lipinski definition) is 4. The zero-order chi connectivity index (χ0) is 15.4. The molecule has 2 aromatic rings. The summed E-state index contributed by atoms with van der Waals surface area (Å²) in [5.41, 5.74) is 1.87. The minimum Gasteiger partial charge on any atom is -0.355 e. The Labute approximate surface area is 130 Å². The molecule has 0 saturated carbocycles. The van der Waals surface area contributed by atoms with Crippen LogP contribution in [0.5, 0.6) is 0 Å². The van der Waals surface area contributed by atoms with E-state index in [1.54, 1.807) is 12.1 Å². The number of benzene rings is 1. The van der Waals surface area contributed by atoms with E-state index >= 15 is 0 Å². The molecule has 1 aromatic carbocycles. The number of nitrogens with one attached hydrogen (secondary N) is 1. The SMILES string of the molecule is CCc1cc(N2CCCNCC2)nc(-c2ccc(F)cc2)n1. The maximum atomic E-state index is 13.1. The quantitative estimate of drug-likeness (QED) is 0.946. The van der Waals surface area contributed by atoms with E-state index in [9.17, 15) is 4.39 Å². The van der Waals surface area contributed by atoms with Gasteiger partial charge in [-0.1, -0.05) is 6.92 Å². The van der Waals surface area contributed by atoms with Crippen LogP contribution in [0, 0.1) is 5.82 Å². The molecule has 5 heteroatoms. The molecular weight excluding hydrogens is 279 g/mol. The molecule has 1 saturated heterocycles. The second-order valence-corrected chi connectivity index (χ2v) is 5.49. The van der Waals surface area contributed by atoms with Crippen molar-refractivity contribution in [2.75, 3.05) is 31.1 Å². The Balaban J connectivity index is 1.96. The van der Waals surface area contributed by atoms with Gasteiger partial charge in [0.05, 0.1) is 0 Å². The molecule has 0 spiro atoms. The zero-order valence-electron chi connectivity index (χ0n) is 12.8. The molecule has 1 aliphatic rings. The summed E-state index contributed by atoms with van der Waals surface area (Å²) in [6, 6.07) is 8.44. The Morgan fingerprint density at radius 2 is 1.95 bits per heavy atom. The number of nitrogens with zero attached hydrogens (tertiary/aromatic N) is 3. The minimum absolute atomic E-state index is 0.241. The van der Waals surface area contributed by atoms with Crippen LogP contribution in [0.1, 0.15) is 19.0 Å². The van der Waals surface area contributed by atoms with Crippen molar-refractivity contribution in [2.24, 2.45) is 0 Å². The molecule has 0 radical (unpaired) electrons. The molecule has 0 bridgehead atoms. The Hall–Kier alpha value is -2.01. The molecular formula is C17H21FN4. The van der Waals surface area contributed by atoms with Crippen LogP contribution < -0.4 is 10.2 Å². The summed E-state index contributed by atoms with van der Waals surface area (Å²) in [4.78, 5) is 11.6. The van der Waals surface area contributed by atoms with E-state index in [4.69, 9.17) is 4.98 Å². The summed E-state index contributed by atoms with van der Waals surface area (Å²) in [6.07, 6.45) is 1.97. The predicted octanol–water partition coefficient (Wildman–Crippen LogP) is 2.64. The summed E-state index contributed by atoms with van der Waals surface area (Å²) in [5.74, 6) is 1.40. The Morgan fingerprint density at radius 3 is 2.73 bits per heavy atom. The predicted molar refractivity (Wildman–Crippen MR) is 86.5 cm³/mol. The molecule has 1 N–H and O–H groups in total. The lowest BCUT2D eigenvalue weighted by Crippen LogP contribution is -2.29. The minimum atomic E-state index is -0.241. The largest absolute Gasteiger partial charge is 0.355 e. The van der Waals surface area contributed by atoms with Gasteiger partial charge in [-0.2, -0.15) is 0 Å². The van der Waals surface area contributed by atoms with Crippen molar-refractivity contribution in [3.05, 3.63) is 41.8 Å². The van der Waals surface area contributed by atoms with E-state index in [0.717, 1.165) is 56.1 Å². The van der Waals surface area contributed by atoms with Gasteiger partial charge >= 0.3 is 0 Å². The first-order valence-electron chi connectivity index (χ1n) is 7.86. The summed E-state index contributed by atoms with van der Waals surface area (Å²) in [5, 5.41) is 3.40. The third-order valence-electron chi connectivity index (χ3n) is 3.89. The highest BCUT2D eigenvalue weighted by Crippen LogP contribution is 2.21. The average Bonchev–Trinajstić information content (AvgIpc) is 2.84. The molecule has 1 aliphatic heterocycles. The fourth-order valence-electron chi connectivity index (χ4n) is 2.63. The van der Waals surface area contributed by atoms with Crippen LogP contribution in [0.4, 0.5) is 10.2 Å². The fourth-order valence-corrected chi connectivity index (χ4v) is 2.63. The van der Waals surface area contributed by atoms with Gasteiger partial charge < -0.3 is 10.2 Å². The van der Waals surface area contributed by atoms with Gasteiger partial charge in [0, 0.05) is 37.0 Å². The third kappa shape index (κ3) is 3.42. The van der Waals surface area contributed by atoms with Gasteiger partial charge in [-0.3, -0.25) is 0 Å². The number of rotatable bonds is 3. The van der Waals surface area contributed by atoms with Gasteiger partial charge in [0.15, 0.2) is 5.82 Å². The van der Waals surface area contributed by atoms with Gasteiger partial charge in [0.25, 0.3) is 0 Å². The third-order valence-corrected chi connectivity index (χ3v) is 3.89. The highest BCUT2D eigenvalue weighted by Gasteiger charge is 2.14. The monoisotopic (exact) mass is 300 g/mol. The molecule has 4 nitrogen and oxygen atoms in total. The average molecular weight is 300 g/mol. The van der Waals surface area contributed by atoms with E-state index in [1.807, 2.05) is 0 Å². The second kappa shape index (κ2) is 6.83. The van der Waals surface area contributed by atoms with Crippen molar-refractivity contribution in [1.29, 1.82) is 0 Å². The number of anilines is 1. The van der Waals surface area contributed by atoms with Gasteiger partial charge in [-0.15, -0.1) is 0 Å². The molecule has 0 aliphatic carbocycles. The van der Waals surface area contributed by atoms with Crippen LogP contribution in [0.15, 0.2) is 30.3 Å². The molecule has 116 valence electrons. The topological polar surface area (TPSA) is 41.0 Å². The first-order chi connectivity index (χ1) is 10.8. The van der Waals surface area contributed by atoms with Gasteiger partial charge in [-0.05, 0) is 43.7 Å². The summed E-state index contributed by atoms with van der Waals surface area (Å²) < 4.78 is 13.1. The highest BCUT2D eigenvalue weighted by atomic mass is 19.1. The van der Waals surface area contributed by atoms with Crippen LogP contribution in [-0.4, -0.2) is 36.1 Å². The van der Waals surface area contributed by atoms with Crippen LogP contribution in [-0.2, 0) is 6.42 Å². The molecule has 1 aromatic heterocycles. The maximum Gasteiger partial charge on any atom is 0.161 e. The number of aromatic nitrogens is 2. The van der Waals surface area contributed by atoms with Crippen molar-refractivity contribution < 1.29 is 4.39 Å². The van der Waals surface area contributed by atoms with E-state index in [1.165, 1.54) is 12.1 Å². The van der Waals surface area contributed by atoms with Crippen molar-refractivity contribution in [2.45, 2.75) is 19.8 Å². The Bertz CT molecular complexity index is 619. The zero-order valence-corrected chi connectivity index (χ0v) is 12.8. The van der Waals surface area contributed by atoms with Gasteiger partial charge in [0.1, 0.15) is 11.6 Å². The lowest BCUT2D eigenvalue weighted by molar-refractivity contribution is 0.628. The van der Waals surface area contributed by atoms with Crippen LogP contribution in [0.25, 0.3) is 11.4 Å². The number of halogens is 1. The Morgan fingerprint density at radius 1 is 1.14 bits per heavy atom. The van der Waals surface area contributed by atoms with Crippen LogP contribution in [0.2, 0.25) is 0 Å². The van der Waals surface area contributed by atoms with Crippen molar-refractivity contribution in [1.82, 2.24) is 15.3 Å². The fraction of sp³-hybridized carbons (Fsp3) is 0.412.